The molecule has 4 aromatic rings. The first-order valence-electron chi connectivity index (χ1n) is 11.2. The third-order valence-electron chi connectivity index (χ3n) is 5.94. The normalized spacial score (nSPS) is 10.8. The van der Waals surface area contributed by atoms with E-state index in [-0.39, 0.29) is 11.7 Å². The number of thioether (sulfide) groups is 1. The molecule has 0 aliphatic carbocycles. The summed E-state index contributed by atoms with van der Waals surface area (Å²) < 4.78 is 2.06. The Morgan fingerprint density at radius 3 is 2.38 bits per heavy atom. The molecule has 174 valence electrons. The van der Waals surface area contributed by atoms with Crippen molar-refractivity contribution in [2.45, 2.75) is 32.5 Å². The topological polar surface area (TPSA) is 63.1 Å². The summed E-state index contributed by atoms with van der Waals surface area (Å²) in [6.45, 7) is 6.79. The second-order valence-corrected chi connectivity index (χ2v) is 9.14. The molecular formula is C27H29N5OS. The van der Waals surface area contributed by atoms with E-state index in [4.69, 9.17) is 0 Å². The molecule has 0 bridgehead atoms. The van der Waals surface area contributed by atoms with Crippen molar-refractivity contribution in [1.82, 2.24) is 14.8 Å². The van der Waals surface area contributed by atoms with Gasteiger partial charge in [0.25, 0.3) is 0 Å². The van der Waals surface area contributed by atoms with Crippen LogP contribution in [0.25, 0.3) is 5.69 Å². The molecule has 3 aromatic carbocycles. The molecule has 1 N–H and O–H groups in total. The highest BCUT2D eigenvalue weighted by atomic mass is 32.2. The monoisotopic (exact) mass is 471 g/mol. The summed E-state index contributed by atoms with van der Waals surface area (Å²) in [6.07, 6.45) is 0. The summed E-state index contributed by atoms with van der Waals surface area (Å²) in [7, 11) is 1.80. The summed E-state index contributed by atoms with van der Waals surface area (Å²) in [5.41, 5.74) is 6.48. The zero-order chi connectivity index (χ0) is 24.1. The SMILES string of the molecule is Cc1ccccc1NCc1nnc(SCC(=O)N(C)c2ccccc2)n1-c1cccc(C)c1C. The second-order valence-electron chi connectivity index (χ2n) is 8.20. The molecule has 0 unspecified atom stereocenters. The van der Waals surface area contributed by atoms with E-state index in [0.717, 1.165) is 28.5 Å². The number of carbonyl (C=O) groups is 1. The number of nitrogens with zero attached hydrogens (tertiary/aromatic N) is 4. The number of nitrogens with one attached hydrogen (secondary N) is 1. The Hall–Kier alpha value is -3.58. The molecule has 0 aliphatic rings. The minimum Gasteiger partial charge on any atom is -0.378 e. The van der Waals surface area contributed by atoms with Gasteiger partial charge in [0, 0.05) is 18.4 Å². The van der Waals surface area contributed by atoms with E-state index in [1.54, 1.807) is 11.9 Å². The van der Waals surface area contributed by atoms with E-state index in [2.05, 4.69) is 65.1 Å². The molecule has 4 rings (SSSR count). The van der Waals surface area contributed by atoms with Crippen LogP contribution in [0.4, 0.5) is 11.4 Å². The third-order valence-corrected chi connectivity index (χ3v) is 6.86. The third kappa shape index (κ3) is 5.15. The van der Waals surface area contributed by atoms with Gasteiger partial charge in [-0.25, -0.2) is 0 Å². The fourth-order valence-electron chi connectivity index (χ4n) is 3.69. The van der Waals surface area contributed by atoms with Gasteiger partial charge in [0.05, 0.1) is 18.0 Å². The average molecular weight is 472 g/mol. The number of amides is 1. The zero-order valence-electron chi connectivity index (χ0n) is 19.9. The largest absolute Gasteiger partial charge is 0.378 e. The summed E-state index contributed by atoms with van der Waals surface area (Å²) in [5, 5.41) is 13.1. The second kappa shape index (κ2) is 10.6. The zero-order valence-corrected chi connectivity index (χ0v) is 20.8. The number of aryl methyl sites for hydroxylation is 2. The highest BCUT2D eigenvalue weighted by Crippen LogP contribution is 2.27. The summed E-state index contributed by atoms with van der Waals surface area (Å²) in [6, 6.07) is 24.0. The van der Waals surface area contributed by atoms with Crippen LogP contribution in [0.1, 0.15) is 22.5 Å². The van der Waals surface area contributed by atoms with Crippen molar-refractivity contribution >= 4 is 29.0 Å². The smallest absolute Gasteiger partial charge is 0.237 e. The lowest BCUT2D eigenvalue weighted by molar-refractivity contribution is -0.115. The molecule has 0 aliphatic heterocycles. The van der Waals surface area contributed by atoms with Gasteiger partial charge < -0.3 is 10.2 Å². The molecule has 0 saturated carbocycles. The van der Waals surface area contributed by atoms with E-state index < -0.39 is 0 Å². The lowest BCUT2D eigenvalue weighted by Gasteiger charge is -2.18. The maximum atomic E-state index is 12.9. The minimum atomic E-state index is 0.00583. The van der Waals surface area contributed by atoms with Crippen LogP contribution in [0, 0.1) is 20.8 Å². The van der Waals surface area contributed by atoms with Crippen LogP contribution in [0.3, 0.4) is 0 Å². The first-order valence-corrected chi connectivity index (χ1v) is 12.2. The molecule has 0 saturated heterocycles. The predicted molar refractivity (Wildman–Crippen MR) is 140 cm³/mol. The van der Waals surface area contributed by atoms with Gasteiger partial charge in [-0.1, -0.05) is 60.3 Å². The van der Waals surface area contributed by atoms with Crippen molar-refractivity contribution in [3.63, 3.8) is 0 Å². The van der Waals surface area contributed by atoms with Crippen molar-refractivity contribution in [2.24, 2.45) is 0 Å². The molecule has 34 heavy (non-hydrogen) atoms. The molecule has 7 heteroatoms. The molecule has 0 spiro atoms. The molecule has 6 nitrogen and oxygen atoms in total. The predicted octanol–water partition coefficient (Wildman–Crippen LogP) is 5.56. The standard InChI is InChI=1S/C27H29N5OS/c1-19-12-10-16-24(21(19)3)32-25(17-28-23-15-9-8-11-20(23)2)29-30-27(32)34-18-26(33)31(4)22-13-6-5-7-14-22/h5-16,28H,17-18H2,1-4H3. The molecule has 1 aromatic heterocycles. The Labute approximate surface area is 205 Å². The van der Waals surface area contributed by atoms with Crippen LogP contribution in [0.5, 0.6) is 0 Å². The van der Waals surface area contributed by atoms with Gasteiger partial charge in [0.2, 0.25) is 5.91 Å². The van der Waals surface area contributed by atoms with Gasteiger partial charge in [-0.3, -0.25) is 9.36 Å². The lowest BCUT2D eigenvalue weighted by Crippen LogP contribution is -2.28. The minimum absolute atomic E-state index is 0.00583. The van der Waals surface area contributed by atoms with Crippen LogP contribution in [0.2, 0.25) is 0 Å². The molecule has 0 radical (unpaired) electrons. The van der Waals surface area contributed by atoms with Crippen LogP contribution in [0.15, 0.2) is 78.0 Å². The maximum Gasteiger partial charge on any atom is 0.237 e. The Kier molecular flexibility index (Phi) is 7.33. The van der Waals surface area contributed by atoms with Crippen molar-refractivity contribution < 1.29 is 4.79 Å². The summed E-state index contributed by atoms with van der Waals surface area (Å²) in [4.78, 5) is 14.5. The molecule has 1 heterocycles. The van der Waals surface area contributed by atoms with E-state index in [1.165, 1.54) is 22.9 Å². The van der Waals surface area contributed by atoms with Gasteiger partial charge in [-0.05, 0) is 61.7 Å². The van der Waals surface area contributed by atoms with Crippen molar-refractivity contribution in [3.8, 4) is 5.69 Å². The average Bonchev–Trinajstić information content (AvgIpc) is 3.26. The van der Waals surface area contributed by atoms with Gasteiger partial charge in [-0.15, -0.1) is 10.2 Å². The Morgan fingerprint density at radius 2 is 1.62 bits per heavy atom. The van der Waals surface area contributed by atoms with Crippen molar-refractivity contribution in [3.05, 3.63) is 95.3 Å². The number of anilines is 2. The number of hydrogen-bond acceptors (Lipinski definition) is 5. The van der Waals surface area contributed by atoms with Crippen molar-refractivity contribution in [2.75, 3.05) is 23.0 Å². The number of para-hydroxylation sites is 2. The highest BCUT2D eigenvalue weighted by molar-refractivity contribution is 7.99. The van der Waals surface area contributed by atoms with Gasteiger partial charge in [0.1, 0.15) is 0 Å². The number of carbonyl (C=O) groups excluding carboxylic acids is 1. The maximum absolute atomic E-state index is 12.9. The number of rotatable bonds is 8. The lowest BCUT2D eigenvalue weighted by atomic mass is 10.1. The van der Waals surface area contributed by atoms with Crippen LogP contribution in [-0.4, -0.2) is 33.5 Å². The first-order chi connectivity index (χ1) is 16.5. The quantitative estimate of drug-likeness (QED) is 0.341. The van der Waals surface area contributed by atoms with Gasteiger partial charge in [-0.2, -0.15) is 0 Å². The van der Waals surface area contributed by atoms with Gasteiger partial charge in [0.15, 0.2) is 11.0 Å². The highest BCUT2D eigenvalue weighted by Gasteiger charge is 2.19. The first kappa shape index (κ1) is 23.6. The van der Waals surface area contributed by atoms with E-state index >= 15 is 0 Å². The van der Waals surface area contributed by atoms with Crippen LogP contribution >= 0.6 is 11.8 Å². The summed E-state index contributed by atoms with van der Waals surface area (Å²) >= 11 is 1.40. The van der Waals surface area contributed by atoms with Crippen LogP contribution < -0.4 is 10.2 Å². The number of aromatic nitrogens is 3. The fraction of sp³-hybridized carbons (Fsp3) is 0.222. The molecule has 1 amide bonds. The number of hydrogen-bond donors (Lipinski definition) is 1. The Balaban J connectivity index is 1.60. The molecule has 0 fully saturated rings. The van der Waals surface area contributed by atoms with Crippen molar-refractivity contribution in [1.29, 1.82) is 0 Å². The number of benzene rings is 3. The van der Waals surface area contributed by atoms with E-state index in [9.17, 15) is 4.79 Å². The van der Waals surface area contributed by atoms with Gasteiger partial charge >= 0.3 is 0 Å². The molecular weight excluding hydrogens is 442 g/mol. The fourth-order valence-corrected chi connectivity index (χ4v) is 4.57. The summed E-state index contributed by atoms with van der Waals surface area (Å²) in [5.74, 6) is 1.06. The Morgan fingerprint density at radius 1 is 0.912 bits per heavy atom. The van der Waals surface area contributed by atoms with E-state index in [0.29, 0.717) is 11.7 Å². The van der Waals surface area contributed by atoms with Crippen LogP contribution in [-0.2, 0) is 11.3 Å². The Bertz CT molecular complexity index is 1290. The van der Waals surface area contributed by atoms with E-state index in [1.807, 2.05) is 48.5 Å². The molecule has 0 atom stereocenters.